The van der Waals surface area contributed by atoms with Crippen molar-refractivity contribution in [3.05, 3.63) is 27.4 Å². The summed E-state index contributed by atoms with van der Waals surface area (Å²) in [5.74, 6) is 1.04. The highest BCUT2D eigenvalue weighted by atomic mass is 35.5. The van der Waals surface area contributed by atoms with E-state index in [0.29, 0.717) is 6.54 Å². The SMILES string of the molecule is CC1CCN(CCNc2nc(Cl)ccc2[N+](=O)[O-])CC1. The Morgan fingerprint density at radius 2 is 2.20 bits per heavy atom. The summed E-state index contributed by atoms with van der Waals surface area (Å²) in [5.41, 5.74) is -0.0401. The van der Waals surface area contributed by atoms with Crippen LogP contribution in [0.25, 0.3) is 0 Å². The summed E-state index contributed by atoms with van der Waals surface area (Å²) in [7, 11) is 0. The average molecular weight is 299 g/mol. The maximum absolute atomic E-state index is 10.9. The van der Waals surface area contributed by atoms with E-state index in [1.165, 1.54) is 25.0 Å². The van der Waals surface area contributed by atoms with Crippen molar-refractivity contribution in [3.8, 4) is 0 Å². The molecule has 1 N–H and O–H groups in total. The molecule has 7 heteroatoms. The maximum Gasteiger partial charge on any atom is 0.311 e. The molecule has 1 aromatic heterocycles. The number of aromatic nitrogens is 1. The van der Waals surface area contributed by atoms with Crippen molar-refractivity contribution in [1.29, 1.82) is 0 Å². The third kappa shape index (κ3) is 4.05. The highest BCUT2D eigenvalue weighted by molar-refractivity contribution is 6.29. The third-order valence-corrected chi connectivity index (χ3v) is 3.84. The van der Waals surface area contributed by atoms with Crippen LogP contribution in [0.2, 0.25) is 5.15 Å². The first-order valence-electron chi connectivity index (χ1n) is 6.83. The van der Waals surface area contributed by atoms with Gasteiger partial charge < -0.3 is 10.2 Å². The highest BCUT2D eigenvalue weighted by Crippen LogP contribution is 2.23. The molecule has 1 aromatic rings. The number of pyridine rings is 1. The van der Waals surface area contributed by atoms with E-state index in [1.54, 1.807) is 0 Å². The molecule has 0 radical (unpaired) electrons. The zero-order chi connectivity index (χ0) is 14.5. The molecule has 0 saturated carbocycles. The number of rotatable bonds is 5. The molecule has 0 spiro atoms. The van der Waals surface area contributed by atoms with Gasteiger partial charge in [0.15, 0.2) is 0 Å². The molecule has 1 fully saturated rings. The van der Waals surface area contributed by atoms with Gasteiger partial charge in [0.1, 0.15) is 5.15 Å². The Balaban J connectivity index is 1.87. The molecule has 0 amide bonds. The second kappa shape index (κ2) is 6.85. The number of nitrogens with zero attached hydrogens (tertiary/aromatic N) is 3. The monoisotopic (exact) mass is 298 g/mol. The Labute approximate surface area is 123 Å². The summed E-state index contributed by atoms with van der Waals surface area (Å²) in [6, 6.07) is 2.80. The summed E-state index contributed by atoms with van der Waals surface area (Å²) in [5, 5.41) is 14.2. The Bertz CT molecular complexity index is 475. The lowest BCUT2D eigenvalue weighted by Gasteiger charge is -2.30. The second-order valence-electron chi connectivity index (χ2n) is 5.21. The second-order valence-corrected chi connectivity index (χ2v) is 5.60. The smallest absolute Gasteiger partial charge is 0.311 e. The molecule has 2 heterocycles. The van der Waals surface area contributed by atoms with Gasteiger partial charge in [-0.05, 0) is 37.9 Å². The molecule has 20 heavy (non-hydrogen) atoms. The molecule has 0 aliphatic carbocycles. The minimum Gasteiger partial charge on any atom is -0.363 e. The van der Waals surface area contributed by atoms with Crippen LogP contribution in [0.4, 0.5) is 11.5 Å². The van der Waals surface area contributed by atoms with E-state index in [0.717, 1.165) is 25.6 Å². The Hall–Kier alpha value is -1.40. The van der Waals surface area contributed by atoms with Crippen molar-refractivity contribution in [2.45, 2.75) is 19.8 Å². The first kappa shape index (κ1) is 15.0. The van der Waals surface area contributed by atoms with E-state index >= 15 is 0 Å². The largest absolute Gasteiger partial charge is 0.363 e. The number of piperidine rings is 1. The van der Waals surface area contributed by atoms with Gasteiger partial charge in [0, 0.05) is 19.2 Å². The Kier molecular flexibility index (Phi) is 5.14. The predicted octanol–water partition coefficient (Wildman–Crippen LogP) is 2.79. The minimum absolute atomic E-state index is 0.0401. The van der Waals surface area contributed by atoms with Crippen molar-refractivity contribution in [2.24, 2.45) is 5.92 Å². The van der Waals surface area contributed by atoms with Crippen LogP contribution in [0.3, 0.4) is 0 Å². The molecule has 1 saturated heterocycles. The molecule has 6 nitrogen and oxygen atoms in total. The van der Waals surface area contributed by atoms with Gasteiger partial charge in [-0.1, -0.05) is 18.5 Å². The summed E-state index contributed by atoms with van der Waals surface area (Å²) in [6.07, 6.45) is 2.44. The summed E-state index contributed by atoms with van der Waals surface area (Å²) < 4.78 is 0. The van der Waals surface area contributed by atoms with Gasteiger partial charge in [-0.15, -0.1) is 0 Å². The number of hydrogen-bond acceptors (Lipinski definition) is 5. The number of hydrogen-bond donors (Lipinski definition) is 1. The van der Waals surface area contributed by atoms with E-state index in [4.69, 9.17) is 11.6 Å². The molecule has 1 aliphatic rings. The molecular weight excluding hydrogens is 280 g/mol. The van der Waals surface area contributed by atoms with Crippen molar-refractivity contribution in [2.75, 3.05) is 31.5 Å². The quantitative estimate of drug-likeness (QED) is 0.514. The summed E-state index contributed by atoms with van der Waals surface area (Å²) >= 11 is 5.78. The Morgan fingerprint density at radius 3 is 2.85 bits per heavy atom. The lowest BCUT2D eigenvalue weighted by atomic mass is 9.99. The van der Waals surface area contributed by atoms with Crippen LogP contribution in [-0.4, -0.2) is 41.0 Å². The predicted molar refractivity (Wildman–Crippen MR) is 79.2 cm³/mol. The summed E-state index contributed by atoms with van der Waals surface area (Å²) in [6.45, 7) is 5.94. The third-order valence-electron chi connectivity index (χ3n) is 3.63. The number of likely N-dealkylation sites (tertiary alicyclic amines) is 1. The van der Waals surface area contributed by atoms with Crippen molar-refractivity contribution < 1.29 is 4.92 Å². The van der Waals surface area contributed by atoms with E-state index in [-0.39, 0.29) is 16.7 Å². The zero-order valence-corrected chi connectivity index (χ0v) is 12.3. The average Bonchev–Trinajstić information content (AvgIpc) is 2.41. The lowest BCUT2D eigenvalue weighted by Crippen LogP contribution is -2.36. The van der Waals surface area contributed by atoms with Crippen molar-refractivity contribution in [3.63, 3.8) is 0 Å². The maximum atomic E-state index is 10.9. The van der Waals surface area contributed by atoms with Gasteiger partial charge in [-0.3, -0.25) is 10.1 Å². The van der Waals surface area contributed by atoms with Crippen LogP contribution in [0.5, 0.6) is 0 Å². The van der Waals surface area contributed by atoms with Gasteiger partial charge in [0.2, 0.25) is 5.82 Å². The van der Waals surface area contributed by atoms with E-state index in [9.17, 15) is 10.1 Å². The summed E-state index contributed by atoms with van der Waals surface area (Å²) in [4.78, 5) is 16.8. The fourth-order valence-corrected chi connectivity index (χ4v) is 2.47. The fraction of sp³-hybridized carbons (Fsp3) is 0.615. The molecule has 1 aliphatic heterocycles. The van der Waals surface area contributed by atoms with Gasteiger partial charge in [-0.2, -0.15) is 0 Å². The van der Waals surface area contributed by atoms with Gasteiger partial charge in [0.25, 0.3) is 0 Å². The molecule has 0 bridgehead atoms. The first-order chi connectivity index (χ1) is 9.56. The van der Waals surface area contributed by atoms with Crippen molar-refractivity contribution in [1.82, 2.24) is 9.88 Å². The van der Waals surface area contributed by atoms with E-state index in [2.05, 4.69) is 22.1 Å². The normalized spacial score (nSPS) is 17.1. The van der Waals surface area contributed by atoms with Crippen LogP contribution in [-0.2, 0) is 0 Å². The molecular formula is C13H19ClN4O2. The van der Waals surface area contributed by atoms with Crippen LogP contribution >= 0.6 is 11.6 Å². The van der Waals surface area contributed by atoms with Crippen LogP contribution in [0.15, 0.2) is 12.1 Å². The first-order valence-corrected chi connectivity index (χ1v) is 7.21. The molecule has 2 rings (SSSR count). The standard InChI is InChI=1S/C13H19ClN4O2/c1-10-4-7-17(8-5-10)9-6-15-13-11(18(19)20)2-3-12(14)16-13/h2-3,10H,4-9H2,1H3,(H,15,16). The number of anilines is 1. The van der Waals surface area contributed by atoms with E-state index in [1.807, 2.05) is 0 Å². The molecule has 0 atom stereocenters. The minimum atomic E-state index is -0.450. The highest BCUT2D eigenvalue weighted by Gasteiger charge is 2.17. The molecule has 0 aromatic carbocycles. The number of halogens is 1. The van der Waals surface area contributed by atoms with Crippen LogP contribution < -0.4 is 5.32 Å². The number of nitro groups is 1. The Morgan fingerprint density at radius 1 is 1.50 bits per heavy atom. The van der Waals surface area contributed by atoms with Gasteiger partial charge in [0.05, 0.1) is 4.92 Å². The van der Waals surface area contributed by atoms with Crippen LogP contribution in [0.1, 0.15) is 19.8 Å². The lowest BCUT2D eigenvalue weighted by molar-refractivity contribution is -0.384. The topological polar surface area (TPSA) is 71.3 Å². The van der Waals surface area contributed by atoms with Gasteiger partial charge >= 0.3 is 5.69 Å². The van der Waals surface area contributed by atoms with E-state index < -0.39 is 4.92 Å². The zero-order valence-electron chi connectivity index (χ0n) is 11.5. The molecule has 0 unspecified atom stereocenters. The van der Waals surface area contributed by atoms with Gasteiger partial charge in [-0.25, -0.2) is 4.98 Å². The fourth-order valence-electron chi connectivity index (χ4n) is 2.32. The van der Waals surface area contributed by atoms with Crippen LogP contribution in [0, 0.1) is 16.0 Å². The number of nitrogens with one attached hydrogen (secondary N) is 1. The molecule has 110 valence electrons. The van der Waals surface area contributed by atoms with Crippen molar-refractivity contribution >= 4 is 23.1 Å².